The Morgan fingerprint density at radius 2 is 2.12 bits per heavy atom. The number of hydrogen-bond acceptors (Lipinski definition) is 4. The van der Waals surface area contributed by atoms with E-state index in [0.717, 1.165) is 23.9 Å². The number of rotatable bonds is 4. The highest BCUT2D eigenvalue weighted by Crippen LogP contribution is 2.33. The number of nitrogens with zero attached hydrogens (tertiary/aromatic N) is 1. The van der Waals surface area contributed by atoms with Crippen LogP contribution in [0.5, 0.6) is 0 Å². The molecule has 2 N–H and O–H groups in total. The lowest BCUT2D eigenvalue weighted by atomic mass is 10.2. The smallest absolute Gasteiger partial charge is 0.395 e. The van der Waals surface area contributed by atoms with Crippen molar-refractivity contribution in [2.75, 3.05) is 19.0 Å². The predicted molar refractivity (Wildman–Crippen MR) is 61.2 cm³/mol. The summed E-state index contributed by atoms with van der Waals surface area (Å²) >= 11 is 1.10. The van der Waals surface area contributed by atoms with Crippen LogP contribution in [0.25, 0.3) is 0 Å². The van der Waals surface area contributed by atoms with Crippen LogP contribution < -0.4 is 5.32 Å². The molecule has 0 spiro atoms. The molecule has 0 amide bonds. The molecule has 0 aliphatic heterocycles. The zero-order chi connectivity index (χ0) is 13.1. The number of alkyl halides is 3. The van der Waals surface area contributed by atoms with Crippen molar-refractivity contribution in [1.82, 2.24) is 4.98 Å². The molecule has 0 bridgehead atoms. The lowest BCUT2D eigenvalue weighted by Crippen LogP contribution is -2.09. The van der Waals surface area contributed by atoms with Gasteiger partial charge in [-0.1, -0.05) is 6.92 Å². The molecule has 0 radical (unpaired) electrons. The molecule has 3 nitrogen and oxygen atoms in total. The number of anilines is 1. The second-order valence-corrected chi connectivity index (χ2v) is 4.90. The third-order valence-corrected chi connectivity index (χ3v) is 2.97. The Hall–Kier alpha value is -0.950. The minimum atomic E-state index is -4.40. The largest absolute Gasteiger partial charge is 0.416 e. The van der Waals surface area contributed by atoms with Crippen molar-refractivity contribution in [2.24, 2.45) is 0 Å². The van der Waals surface area contributed by atoms with Crippen LogP contribution in [0.1, 0.15) is 12.5 Å². The zero-order valence-electron chi connectivity index (χ0n) is 9.38. The molecule has 0 saturated heterocycles. The third-order valence-electron chi connectivity index (χ3n) is 1.96. The van der Waals surface area contributed by atoms with Crippen molar-refractivity contribution in [2.45, 2.75) is 23.4 Å². The molecule has 1 rings (SSSR count). The molecule has 1 aromatic heterocycles. The van der Waals surface area contributed by atoms with Gasteiger partial charge in [0.1, 0.15) is 5.82 Å². The topological polar surface area (TPSA) is 45.1 Å². The van der Waals surface area contributed by atoms with Gasteiger partial charge in [0.05, 0.1) is 17.2 Å². The maximum atomic E-state index is 12.6. The van der Waals surface area contributed by atoms with Crippen molar-refractivity contribution in [3.8, 4) is 0 Å². The number of halogens is 3. The van der Waals surface area contributed by atoms with E-state index >= 15 is 0 Å². The first-order valence-corrected chi connectivity index (χ1v) is 5.79. The van der Waals surface area contributed by atoms with Crippen LogP contribution in [-0.2, 0) is 6.18 Å². The van der Waals surface area contributed by atoms with Crippen LogP contribution in [-0.4, -0.2) is 29.0 Å². The molecular weight excluding hydrogens is 253 g/mol. The summed E-state index contributed by atoms with van der Waals surface area (Å²) in [5.74, 6) is 0.160. The molecule has 17 heavy (non-hydrogen) atoms. The molecule has 1 aromatic rings. The van der Waals surface area contributed by atoms with E-state index < -0.39 is 11.7 Å². The van der Waals surface area contributed by atoms with E-state index in [4.69, 9.17) is 5.11 Å². The van der Waals surface area contributed by atoms with E-state index in [0.29, 0.717) is 0 Å². The van der Waals surface area contributed by atoms with Crippen molar-refractivity contribution >= 4 is 17.6 Å². The first-order valence-electron chi connectivity index (χ1n) is 4.91. The van der Waals surface area contributed by atoms with Crippen LogP contribution in [0.3, 0.4) is 0 Å². The van der Waals surface area contributed by atoms with E-state index in [1.165, 1.54) is 7.05 Å². The standard InChI is InChI=1S/C10H13F3N2OS/c1-6(5-16)17-9-4-7(10(11,12)13)3-8(14-2)15-9/h3-4,6,16H,5H2,1-2H3,(H,14,15). The van der Waals surface area contributed by atoms with E-state index in [2.05, 4.69) is 10.3 Å². The van der Waals surface area contributed by atoms with Crippen molar-refractivity contribution < 1.29 is 18.3 Å². The minimum absolute atomic E-state index is 0.114. The van der Waals surface area contributed by atoms with Gasteiger partial charge in [-0.2, -0.15) is 13.2 Å². The molecule has 0 aliphatic carbocycles. The number of pyridine rings is 1. The second kappa shape index (κ2) is 5.59. The molecule has 0 aromatic carbocycles. The van der Waals surface area contributed by atoms with E-state index in [1.807, 2.05) is 0 Å². The molecule has 1 atom stereocenters. The number of thioether (sulfide) groups is 1. The van der Waals surface area contributed by atoms with Crippen LogP contribution >= 0.6 is 11.8 Å². The number of aliphatic hydroxyl groups is 1. The van der Waals surface area contributed by atoms with Gasteiger partial charge in [-0.3, -0.25) is 0 Å². The Labute approximate surface area is 101 Å². The van der Waals surface area contributed by atoms with Crippen LogP contribution in [0.4, 0.5) is 19.0 Å². The quantitative estimate of drug-likeness (QED) is 0.822. The van der Waals surface area contributed by atoms with E-state index in [1.54, 1.807) is 6.92 Å². The summed E-state index contributed by atoms with van der Waals surface area (Å²) in [5.41, 5.74) is -0.746. The highest BCUT2D eigenvalue weighted by molar-refractivity contribution is 7.99. The van der Waals surface area contributed by atoms with Gasteiger partial charge in [0.15, 0.2) is 0 Å². The molecule has 0 saturated carbocycles. The average Bonchev–Trinajstić information content (AvgIpc) is 2.27. The summed E-state index contributed by atoms with van der Waals surface area (Å²) in [6.07, 6.45) is -4.40. The van der Waals surface area contributed by atoms with Gasteiger partial charge in [0.25, 0.3) is 0 Å². The fourth-order valence-electron chi connectivity index (χ4n) is 1.10. The summed E-state index contributed by atoms with van der Waals surface area (Å²) in [4.78, 5) is 3.99. The normalized spacial score (nSPS) is 13.5. The van der Waals surface area contributed by atoms with Crippen LogP contribution in [0.15, 0.2) is 17.2 Å². The second-order valence-electron chi connectivity index (χ2n) is 3.44. The minimum Gasteiger partial charge on any atom is -0.395 e. The van der Waals surface area contributed by atoms with Crippen molar-refractivity contribution in [3.63, 3.8) is 0 Å². The van der Waals surface area contributed by atoms with Crippen molar-refractivity contribution in [3.05, 3.63) is 17.7 Å². The summed E-state index contributed by atoms with van der Waals surface area (Å²) in [6.45, 7) is 1.60. The van der Waals surface area contributed by atoms with Gasteiger partial charge in [0.2, 0.25) is 0 Å². The fraction of sp³-hybridized carbons (Fsp3) is 0.500. The first-order chi connectivity index (χ1) is 7.86. The Morgan fingerprint density at radius 1 is 1.47 bits per heavy atom. The summed E-state index contributed by atoms with van der Waals surface area (Å²) in [5, 5.41) is 11.5. The summed E-state index contributed by atoms with van der Waals surface area (Å²) in [6, 6.07) is 1.94. The lowest BCUT2D eigenvalue weighted by molar-refractivity contribution is -0.137. The van der Waals surface area contributed by atoms with Gasteiger partial charge in [-0.25, -0.2) is 4.98 Å². The van der Waals surface area contributed by atoms with Gasteiger partial charge in [0, 0.05) is 12.3 Å². The summed E-state index contributed by atoms with van der Waals surface area (Å²) in [7, 11) is 1.51. The van der Waals surface area contributed by atoms with Gasteiger partial charge >= 0.3 is 6.18 Å². The Kier molecular flexibility index (Phi) is 4.64. The fourth-order valence-corrected chi connectivity index (χ4v) is 1.93. The molecule has 0 fully saturated rings. The highest BCUT2D eigenvalue weighted by atomic mass is 32.2. The molecular formula is C10H13F3N2OS. The Balaban J connectivity index is 3.05. The number of nitrogens with one attached hydrogen (secondary N) is 1. The number of hydrogen-bond donors (Lipinski definition) is 2. The number of aliphatic hydroxyl groups excluding tert-OH is 1. The zero-order valence-corrected chi connectivity index (χ0v) is 10.2. The first kappa shape index (κ1) is 14.1. The Morgan fingerprint density at radius 3 is 2.59 bits per heavy atom. The predicted octanol–water partition coefficient (Wildman–Crippen LogP) is 2.62. The van der Waals surface area contributed by atoms with Gasteiger partial charge < -0.3 is 10.4 Å². The van der Waals surface area contributed by atoms with Crippen LogP contribution in [0.2, 0.25) is 0 Å². The molecule has 0 aliphatic rings. The number of aromatic nitrogens is 1. The van der Waals surface area contributed by atoms with Crippen molar-refractivity contribution in [1.29, 1.82) is 0 Å². The maximum absolute atomic E-state index is 12.6. The monoisotopic (exact) mass is 266 g/mol. The molecule has 1 heterocycles. The lowest BCUT2D eigenvalue weighted by Gasteiger charge is -2.12. The molecule has 1 unspecified atom stereocenters. The Bertz CT molecular complexity index is 384. The third kappa shape index (κ3) is 4.08. The van der Waals surface area contributed by atoms with E-state index in [9.17, 15) is 13.2 Å². The van der Waals surface area contributed by atoms with Gasteiger partial charge in [-0.05, 0) is 12.1 Å². The molecule has 7 heteroatoms. The van der Waals surface area contributed by atoms with Gasteiger partial charge in [-0.15, -0.1) is 11.8 Å². The molecule has 96 valence electrons. The van der Waals surface area contributed by atoms with Crippen LogP contribution in [0, 0.1) is 0 Å². The maximum Gasteiger partial charge on any atom is 0.416 e. The highest BCUT2D eigenvalue weighted by Gasteiger charge is 2.31. The summed E-state index contributed by atoms with van der Waals surface area (Å²) < 4.78 is 37.8. The van der Waals surface area contributed by atoms with E-state index in [-0.39, 0.29) is 22.7 Å². The average molecular weight is 266 g/mol. The SMILES string of the molecule is CNc1cc(C(F)(F)F)cc(SC(C)CO)n1.